The normalized spacial score (nSPS) is 12.3. The van der Waals surface area contributed by atoms with Gasteiger partial charge in [-0.05, 0) is 52.2 Å². The van der Waals surface area contributed by atoms with Crippen LogP contribution in [0.1, 0.15) is 28.8 Å². The lowest BCUT2D eigenvalue weighted by atomic mass is 9.95. The van der Waals surface area contributed by atoms with Gasteiger partial charge in [0.1, 0.15) is 17.1 Å². The highest BCUT2D eigenvalue weighted by Gasteiger charge is 2.29. The Balaban J connectivity index is 1.47. The molecular formula is C29H25N9S. The predicted molar refractivity (Wildman–Crippen MR) is 155 cm³/mol. The van der Waals surface area contributed by atoms with E-state index in [2.05, 4.69) is 65.3 Å². The van der Waals surface area contributed by atoms with E-state index in [1.54, 1.807) is 11.3 Å². The van der Waals surface area contributed by atoms with Crippen LogP contribution in [0.3, 0.4) is 0 Å². The van der Waals surface area contributed by atoms with E-state index in [1.807, 2.05) is 72.8 Å². The number of hydrogen-bond acceptors (Lipinski definition) is 7. The Hall–Kier alpha value is -5.09. The van der Waals surface area contributed by atoms with Crippen molar-refractivity contribution in [3.05, 3.63) is 132 Å². The Kier molecular flexibility index (Phi) is 6.67. The number of hydrogen-bond donors (Lipinski definition) is 3. The summed E-state index contributed by atoms with van der Waals surface area (Å²) < 4.78 is 8.82. The molecule has 0 aliphatic heterocycles. The first-order chi connectivity index (χ1) is 19.2. The number of rotatable bonds is 9. The number of nitrogens with one attached hydrogen (secondary N) is 2. The van der Waals surface area contributed by atoms with Crippen molar-refractivity contribution in [1.82, 2.24) is 23.7 Å². The van der Waals surface area contributed by atoms with E-state index < -0.39 is 6.04 Å². The maximum Gasteiger partial charge on any atom is 0.105 e. The molecule has 4 aromatic carbocycles. The largest absolute Gasteiger partial charge is 0.373 e. The van der Waals surface area contributed by atoms with Crippen LogP contribution in [-0.4, -0.2) is 23.7 Å². The predicted octanol–water partition coefficient (Wildman–Crippen LogP) is 6.57. The molecule has 2 aromatic heterocycles. The summed E-state index contributed by atoms with van der Waals surface area (Å²) in [6.07, 6.45) is 1.68. The SMILES string of the molecule is C=C(C(Nc1ccc2[nH]cnc2c1)c1ccc2nsnc2c1)N(/N=N\N)C(c1ccccc1)c1ccccc1. The molecule has 0 spiro atoms. The van der Waals surface area contributed by atoms with Crippen LogP contribution in [0.5, 0.6) is 0 Å². The molecule has 0 radical (unpaired) electrons. The number of anilines is 1. The molecular weight excluding hydrogens is 506 g/mol. The smallest absolute Gasteiger partial charge is 0.105 e. The fraction of sp³-hybridized carbons (Fsp3) is 0.0690. The third-order valence-electron chi connectivity index (χ3n) is 6.59. The third kappa shape index (κ3) is 4.92. The number of aromatic nitrogens is 4. The molecule has 6 aromatic rings. The van der Waals surface area contributed by atoms with E-state index in [-0.39, 0.29) is 6.04 Å². The Labute approximate surface area is 229 Å². The van der Waals surface area contributed by atoms with Crippen molar-refractivity contribution in [2.24, 2.45) is 16.3 Å². The van der Waals surface area contributed by atoms with Crippen LogP contribution in [0.25, 0.3) is 22.1 Å². The van der Waals surface area contributed by atoms with Crippen LogP contribution in [0.4, 0.5) is 5.69 Å². The molecule has 0 saturated carbocycles. The maximum atomic E-state index is 5.69. The number of benzene rings is 4. The van der Waals surface area contributed by atoms with Gasteiger partial charge in [-0.15, -0.1) is 0 Å². The van der Waals surface area contributed by atoms with Crippen molar-refractivity contribution in [1.29, 1.82) is 0 Å². The summed E-state index contributed by atoms with van der Waals surface area (Å²) in [6, 6.07) is 31.5. The van der Waals surface area contributed by atoms with E-state index in [4.69, 9.17) is 5.84 Å². The number of nitrogens with zero attached hydrogens (tertiary/aromatic N) is 6. The summed E-state index contributed by atoms with van der Waals surface area (Å²) in [6.45, 7) is 4.54. The molecule has 6 rings (SSSR count). The second-order valence-electron chi connectivity index (χ2n) is 8.99. The molecule has 2 heterocycles. The van der Waals surface area contributed by atoms with Gasteiger partial charge in [0, 0.05) is 5.69 Å². The number of H-pyrrole nitrogens is 1. The first-order valence-corrected chi connectivity index (χ1v) is 13.0. The average molecular weight is 532 g/mol. The van der Waals surface area contributed by atoms with E-state index in [0.717, 1.165) is 44.4 Å². The zero-order valence-electron chi connectivity index (χ0n) is 20.8. The lowest BCUT2D eigenvalue weighted by Gasteiger charge is -2.34. The maximum absolute atomic E-state index is 5.69. The van der Waals surface area contributed by atoms with Gasteiger partial charge >= 0.3 is 0 Å². The minimum atomic E-state index is -0.409. The first-order valence-electron chi connectivity index (χ1n) is 12.3. The Bertz CT molecular complexity index is 1700. The lowest BCUT2D eigenvalue weighted by Crippen LogP contribution is -2.29. The number of aromatic amines is 1. The highest BCUT2D eigenvalue weighted by atomic mass is 32.1. The van der Waals surface area contributed by atoms with Crippen molar-refractivity contribution in [3.63, 3.8) is 0 Å². The van der Waals surface area contributed by atoms with Gasteiger partial charge in [0.15, 0.2) is 0 Å². The molecule has 0 aliphatic carbocycles. The summed E-state index contributed by atoms with van der Waals surface area (Å²) in [5.74, 6) is 5.69. The van der Waals surface area contributed by atoms with E-state index >= 15 is 0 Å². The lowest BCUT2D eigenvalue weighted by molar-refractivity contribution is 0.267. The third-order valence-corrected chi connectivity index (χ3v) is 7.15. The quantitative estimate of drug-likeness (QED) is 0.110. The number of nitrogens with two attached hydrogens (primary N) is 1. The van der Waals surface area contributed by atoms with Gasteiger partial charge < -0.3 is 16.1 Å². The summed E-state index contributed by atoms with van der Waals surface area (Å²) in [5, 5.41) is 13.6. The van der Waals surface area contributed by atoms with Gasteiger partial charge in [-0.1, -0.05) is 78.5 Å². The molecule has 9 nitrogen and oxygen atoms in total. The van der Waals surface area contributed by atoms with Crippen molar-refractivity contribution in [2.45, 2.75) is 12.1 Å². The van der Waals surface area contributed by atoms with E-state index in [1.165, 1.54) is 11.7 Å². The van der Waals surface area contributed by atoms with Crippen LogP contribution < -0.4 is 11.2 Å². The van der Waals surface area contributed by atoms with Crippen LogP contribution >= 0.6 is 11.7 Å². The summed E-state index contributed by atoms with van der Waals surface area (Å²) in [5.41, 5.74) is 7.97. The second-order valence-corrected chi connectivity index (χ2v) is 9.52. The molecule has 4 N–H and O–H groups in total. The molecule has 0 amide bonds. The van der Waals surface area contributed by atoms with E-state index in [9.17, 15) is 0 Å². The van der Waals surface area contributed by atoms with Crippen molar-refractivity contribution in [3.8, 4) is 0 Å². The summed E-state index contributed by atoms with van der Waals surface area (Å²) >= 11 is 1.19. The molecule has 0 saturated heterocycles. The number of fused-ring (bicyclic) bond motifs is 2. The van der Waals surface area contributed by atoms with E-state index in [0.29, 0.717) is 5.70 Å². The summed E-state index contributed by atoms with van der Waals surface area (Å²) in [7, 11) is 0. The zero-order chi connectivity index (χ0) is 26.6. The fourth-order valence-electron chi connectivity index (χ4n) is 4.73. The van der Waals surface area contributed by atoms with Crippen molar-refractivity contribution >= 4 is 39.5 Å². The van der Waals surface area contributed by atoms with Crippen molar-refractivity contribution in [2.75, 3.05) is 5.32 Å². The topological polar surface area (TPSA) is 120 Å². The zero-order valence-corrected chi connectivity index (χ0v) is 21.7. The van der Waals surface area contributed by atoms with Gasteiger partial charge in [0.2, 0.25) is 0 Å². The van der Waals surface area contributed by atoms with Crippen LogP contribution in [0.15, 0.2) is 126 Å². The van der Waals surface area contributed by atoms with Gasteiger partial charge in [0.05, 0.1) is 40.8 Å². The molecule has 1 unspecified atom stereocenters. The van der Waals surface area contributed by atoms with Gasteiger partial charge in [-0.25, -0.2) is 9.99 Å². The van der Waals surface area contributed by atoms with Crippen LogP contribution in [-0.2, 0) is 0 Å². The Morgan fingerprint density at radius 3 is 2.28 bits per heavy atom. The van der Waals surface area contributed by atoms with Crippen molar-refractivity contribution < 1.29 is 0 Å². The minimum absolute atomic E-state index is 0.324. The first kappa shape index (κ1) is 24.3. The average Bonchev–Trinajstić information content (AvgIpc) is 3.65. The van der Waals surface area contributed by atoms with Gasteiger partial charge in [-0.2, -0.15) is 8.75 Å². The summed E-state index contributed by atoms with van der Waals surface area (Å²) in [4.78, 5) is 7.55. The standard InChI is InChI=1S/C29H25N9S/c1-19(38(37-36-30)29(20-8-4-2-5-9-20)21-10-6-3-7-11-21)28(22-12-14-25-27(16-22)35-39-34-25)33-23-13-15-24-26(17-23)32-18-31-24/h2-18,28-29,33H,1H2,(H2,30,37)(H,31,32). The minimum Gasteiger partial charge on any atom is -0.373 e. The molecule has 192 valence electrons. The monoisotopic (exact) mass is 531 g/mol. The molecule has 1 atom stereocenters. The van der Waals surface area contributed by atoms with Gasteiger partial charge in [0.25, 0.3) is 0 Å². The highest BCUT2D eigenvalue weighted by Crippen LogP contribution is 2.38. The van der Waals surface area contributed by atoms with Crippen LogP contribution in [0, 0.1) is 0 Å². The molecule has 0 fully saturated rings. The molecule has 0 aliphatic rings. The Morgan fingerprint density at radius 1 is 0.846 bits per heavy atom. The molecule has 0 bridgehead atoms. The Morgan fingerprint density at radius 2 is 1.56 bits per heavy atom. The number of imidazole rings is 1. The molecule has 39 heavy (non-hydrogen) atoms. The molecule has 10 heteroatoms. The van der Waals surface area contributed by atoms with Crippen LogP contribution in [0.2, 0.25) is 0 Å². The second kappa shape index (κ2) is 10.7. The van der Waals surface area contributed by atoms with Gasteiger partial charge in [-0.3, -0.25) is 0 Å². The fourth-order valence-corrected chi connectivity index (χ4v) is 5.25. The highest BCUT2D eigenvalue weighted by molar-refractivity contribution is 7.00.